The minimum Gasteiger partial charge on any atom is -0.380 e. The molecule has 0 bridgehead atoms. The van der Waals surface area contributed by atoms with Gasteiger partial charge in [-0.05, 0) is 36.1 Å². The summed E-state index contributed by atoms with van der Waals surface area (Å²) in [5.74, 6) is 0. The van der Waals surface area contributed by atoms with Crippen LogP contribution in [0.3, 0.4) is 0 Å². The lowest BCUT2D eigenvalue weighted by atomic mass is 10.1. The third-order valence-electron chi connectivity index (χ3n) is 2.84. The van der Waals surface area contributed by atoms with Crippen LogP contribution in [0.2, 0.25) is 0 Å². The molecule has 5 heteroatoms. The van der Waals surface area contributed by atoms with Crippen molar-refractivity contribution in [3.05, 3.63) is 59.7 Å². The number of rotatable bonds is 4. The number of thioether (sulfide) groups is 1. The first-order valence-corrected chi connectivity index (χ1v) is 7.26. The second-order valence-electron chi connectivity index (χ2n) is 4.25. The van der Waals surface area contributed by atoms with Crippen molar-refractivity contribution in [2.75, 3.05) is 11.6 Å². The first-order valence-electron chi connectivity index (χ1n) is 6.04. The van der Waals surface area contributed by atoms with Crippen LogP contribution in [-0.4, -0.2) is 6.26 Å². The van der Waals surface area contributed by atoms with E-state index in [1.807, 2.05) is 30.5 Å². The van der Waals surface area contributed by atoms with Crippen LogP contribution >= 0.6 is 11.8 Å². The van der Waals surface area contributed by atoms with Gasteiger partial charge in [0.15, 0.2) is 0 Å². The lowest BCUT2D eigenvalue weighted by Gasteiger charge is -2.12. The normalized spacial score (nSPS) is 11.4. The molecule has 0 atom stereocenters. The molecule has 0 aliphatic rings. The molecule has 2 aromatic rings. The molecule has 0 aliphatic carbocycles. The largest absolute Gasteiger partial charge is 0.416 e. The average Bonchev–Trinajstić information content (AvgIpc) is 2.45. The lowest BCUT2D eigenvalue weighted by molar-refractivity contribution is -0.137. The van der Waals surface area contributed by atoms with Gasteiger partial charge in [-0.15, -0.1) is 11.8 Å². The molecule has 0 heterocycles. The molecule has 2 aromatic carbocycles. The SMILES string of the molecule is CSc1ccccc1NCc1cccc(C(F)(F)F)c1. The number of anilines is 1. The molecule has 0 aliphatic heterocycles. The second kappa shape index (κ2) is 6.22. The zero-order chi connectivity index (χ0) is 14.6. The molecule has 0 amide bonds. The Labute approximate surface area is 120 Å². The Balaban J connectivity index is 2.11. The summed E-state index contributed by atoms with van der Waals surface area (Å²) in [5, 5.41) is 3.17. The van der Waals surface area contributed by atoms with Crippen molar-refractivity contribution in [3.63, 3.8) is 0 Å². The Kier molecular flexibility index (Phi) is 4.60. The zero-order valence-electron chi connectivity index (χ0n) is 10.9. The Bertz CT molecular complexity index is 581. The van der Waals surface area contributed by atoms with Gasteiger partial charge in [-0.3, -0.25) is 0 Å². The van der Waals surface area contributed by atoms with E-state index in [9.17, 15) is 13.2 Å². The van der Waals surface area contributed by atoms with Crippen LogP contribution in [0.5, 0.6) is 0 Å². The standard InChI is InChI=1S/C15H14F3NS/c1-20-14-8-3-2-7-13(14)19-10-11-5-4-6-12(9-11)15(16,17)18/h2-9,19H,10H2,1H3. The maximum absolute atomic E-state index is 12.6. The van der Waals surface area contributed by atoms with E-state index in [4.69, 9.17) is 0 Å². The Morgan fingerprint density at radius 2 is 1.80 bits per heavy atom. The molecule has 1 N–H and O–H groups in total. The van der Waals surface area contributed by atoms with Crippen molar-refractivity contribution in [3.8, 4) is 0 Å². The highest BCUT2D eigenvalue weighted by Gasteiger charge is 2.30. The van der Waals surface area contributed by atoms with Gasteiger partial charge in [0.2, 0.25) is 0 Å². The monoisotopic (exact) mass is 297 g/mol. The van der Waals surface area contributed by atoms with E-state index in [0.29, 0.717) is 12.1 Å². The van der Waals surface area contributed by atoms with Gasteiger partial charge in [-0.1, -0.05) is 24.3 Å². The lowest BCUT2D eigenvalue weighted by Crippen LogP contribution is -2.07. The number of alkyl halides is 3. The summed E-state index contributed by atoms with van der Waals surface area (Å²) < 4.78 is 37.9. The molecule has 0 saturated heterocycles. The fourth-order valence-electron chi connectivity index (χ4n) is 1.85. The first-order chi connectivity index (χ1) is 9.50. The summed E-state index contributed by atoms with van der Waals surface area (Å²) in [6.45, 7) is 0.363. The van der Waals surface area contributed by atoms with E-state index < -0.39 is 11.7 Å². The van der Waals surface area contributed by atoms with Crippen LogP contribution in [0.15, 0.2) is 53.4 Å². The van der Waals surface area contributed by atoms with Crippen molar-refractivity contribution < 1.29 is 13.2 Å². The van der Waals surface area contributed by atoms with E-state index in [-0.39, 0.29) is 0 Å². The number of hydrogen-bond donors (Lipinski definition) is 1. The van der Waals surface area contributed by atoms with Gasteiger partial charge in [0.1, 0.15) is 0 Å². The van der Waals surface area contributed by atoms with Gasteiger partial charge in [0.05, 0.1) is 5.56 Å². The highest BCUT2D eigenvalue weighted by molar-refractivity contribution is 7.98. The van der Waals surface area contributed by atoms with Gasteiger partial charge in [-0.2, -0.15) is 13.2 Å². The maximum atomic E-state index is 12.6. The van der Waals surface area contributed by atoms with E-state index in [2.05, 4.69) is 5.32 Å². The topological polar surface area (TPSA) is 12.0 Å². The molecule has 0 aromatic heterocycles. The molecular formula is C15H14F3NS. The molecule has 0 saturated carbocycles. The van der Waals surface area contributed by atoms with Gasteiger partial charge in [0.25, 0.3) is 0 Å². The van der Waals surface area contributed by atoms with Crippen LogP contribution in [0.25, 0.3) is 0 Å². The summed E-state index contributed by atoms with van der Waals surface area (Å²) in [7, 11) is 0. The number of para-hydroxylation sites is 1. The summed E-state index contributed by atoms with van der Waals surface area (Å²) in [6, 6.07) is 13.1. The molecule has 0 spiro atoms. The van der Waals surface area contributed by atoms with Crippen molar-refractivity contribution in [2.45, 2.75) is 17.6 Å². The van der Waals surface area contributed by atoms with Crippen LogP contribution in [0.4, 0.5) is 18.9 Å². The predicted molar refractivity (Wildman–Crippen MR) is 77.0 cm³/mol. The van der Waals surface area contributed by atoms with Crippen LogP contribution in [-0.2, 0) is 12.7 Å². The van der Waals surface area contributed by atoms with E-state index in [0.717, 1.165) is 16.6 Å². The van der Waals surface area contributed by atoms with E-state index >= 15 is 0 Å². The van der Waals surface area contributed by atoms with Crippen molar-refractivity contribution in [1.29, 1.82) is 0 Å². The fourth-order valence-corrected chi connectivity index (χ4v) is 2.42. The Hall–Kier alpha value is -1.62. The number of benzene rings is 2. The minimum absolute atomic E-state index is 0.363. The maximum Gasteiger partial charge on any atom is 0.416 e. The third kappa shape index (κ3) is 3.70. The summed E-state index contributed by atoms with van der Waals surface area (Å²) in [4.78, 5) is 1.07. The van der Waals surface area contributed by atoms with Gasteiger partial charge >= 0.3 is 6.18 Å². The second-order valence-corrected chi connectivity index (χ2v) is 5.10. The van der Waals surface area contributed by atoms with E-state index in [1.54, 1.807) is 17.8 Å². The molecular weight excluding hydrogens is 283 g/mol. The van der Waals surface area contributed by atoms with Crippen molar-refractivity contribution >= 4 is 17.4 Å². The van der Waals surface area contributed by atoms with Crippen LogP contribution in [0, 0.1) is 0 Å². The quantitative estimate of drug-likeness (QED) is 0.793. The molecule has 0 radical (unpaired) electrons. The fraction of sp³-hybridized carbons (Fsp3) is 0.200. The molecule has 0 fully saturated rings. The third-order valence-corrected chi connectivity index (χ3v) is 3.64. The molecule has 2 rings (SSSR count). The van der Waals surface area contributed by atoms with Crippen LogP contribution in [0.1, 0.15) is 11.1 Å². The highest BCUT2D eigenvalue weighted by Crippen LogP contribution is 2.30. The zero-order valence-corrected chi connectivity index (χ0v) is 11.7. The number of nitrogens with one attached hydrogen (secondary N) is 1. The van der Waals surface area contributed by atoms with Gasteiger partial charge < -0.3 is 5.32 Å². The van der Waals surface area contributed by atoms with Crippen LogP contribution < -0.4 is 5.32 Å². The number of halogens is 3. The molecule has 0 unspecified atom stereocenters. The predicted octanol–water partition coefficient (Wildman–Crippen LogP) is 5.04. The van der Waals surface area contributed by atoms with Crippen molar-refractivity contribution in [1.82, 2.24) is 0 Å². The van der Waals surface area contributed by atoms with Gasteiger partial charge in [-0.25, -0.2) is 0 Å². The highest BCUT2D eigenvalue weighted by atomic mass is 32.2. The minimum atomic E-state index is -4.30. The smallest absolute Gasteiger partial charge is 0.380 e. The molecule has 106 valence electrons. The molecule has 1 nitrogen and oxygen atoms in total. The summed E-state index contributed by atoms with van der Waals surface area (Å²) in [5.41, 5.74) is 0.920. The Morgan fingerprint density at radius 1 is 1.05 bits per heavy atom. The Morgan fingerprint density at radius 3 is 2.50 bits per heavy atom. The molecule has 20 heavy (non-hydrogen) atoms. The van der Waals surface area contributed by atoms with Crippen molar-refractivity contribution in [2.24, 2.45) is 0 Å². The van der Waals surface area contributed by atoms with E-state index in [1.165, 1.54) is 12.1 Å². The average molecular weight is 297 g/mol. The summed E-state index contributed by atoms with van der Waals surface area (Å²) >= 11 is 1.60. The summed E-state index contributed by atoms with van der Waals surface area (Å²) in [6.07, 6.45) is -2.34. The number of hydrogen-bond acceptors (Lipinski definition) is 2. The first kappa shape index (κ1) is 14.8. The van der Waals surface area contributed by atoms with Gasteiger partial charge in [0, 0.05) is 17.1 Å².